The molecule has 0 rings (SSSR count). The van der Waals surface area contributed by atoms with E-state index >= 15 is 0 Å². The molecule has 0 aromatic carbocycles. The van der Waals surface area contributed by atoms with Gasteiger partial charge in [-0.25, -0.2) is 0 Å². The van der Waals surface area contributed by atoms with Crippen LogP contribution < -0.4 is 0 Å². The Kier molecular flexibility index (Phi) is 50.6. The Hall–Kier alpha value is 2.39. The van der Waals surface area contributed by atoms with Crippen LogP contribution in [0.3, 0.4) is 0 Å². The van der Waals surface area contributed by atoms with Crippen molar-refractivity contribution in [3.05, 3.63) is 0 Å². The zero-order valence-corrected chi connectivity index (χ0v) is 9.01. The first-order valence-corrected chi connectivity index (χ1v) is 0.309. The van der Waals surface area contributed by atoms with Gasteiger partial charge < -0.3 is 0 Å². The maximum absolute atomic E-state index is 9.12. The third-order valence-corrected chi connectivity index (χ3v) is 0. The number of rotatable bonds is 0. The van der Waals surface area contributed by atoms with Gasteiger partial charge in [0.15, 0.2) is 0 Å². The summed E-state index contributed by atoms with van der Waals surface area (Å²) in [5, 5.41) is 1.25. The van der Waals surface area contributed by atoms with Crippen LogP contribution in [-0.2, 0) is 5.15 Å². The summed E-state index contributed by atoms with van der Waals surface area (Å²) in [5.74, 6) is 0. The van der Waals surface area contributed by atoms with E-state index in [1.165, 1.54) is 5.15 Å². The standard InChI is InChI=1S/Ce.F2O.La/c;1-3-2;. The topological polar surface area (TPSA) is 9.23 Å². The average molecular weight is 333 g/mol. The van der Waals surface area contributed by atoms with Crippen molar-refractivity contribution in [1.29, 1.82) is 0 Å². The van der Waals surface area contributed by atoms with Crippen LogP contribution in [0.25, 0.3) is 0 Å². The number of hydrogen-bond acceptors (Lipinski definition) is 1. The minimum atomic E-state index is 0. The normalized spacial score (nSPS) is 3.60. The fourth-order valence-electron chi connectivity index (χ4n) is 0. The molecule has 0 aliphatic carbocycles. The van der Waals surface area contributed by atoms with Crippen LogP contribution in [-0.4, -0.2) is 0 Å². The van der Waals surface area contributed by atoms with Crippen LogP contribution in [0.5, 0.6) is 0 Å². The van der Waals surface area contributed by atoms with Gasteiger partial charge in [0.25, 0.3) is 0 Å². The van der Waals surface area contributed by atoms with E-state index in [1.807, 2.05) is 0 Å². The zero-order chi connectivity index (χ0) is 2.71. The molecular formula is CeF2LaO. The van der Waals surface area contributed by atoms with Crippen molar-refractivity contribution in [2.24, 2.45) is 0 Å². The van der Waals surface area contributed by atoms with E-state index in [0.717, 1.165) is 0 Å². The van der Waals surface area contributed by atoms with Gasteiger partial charge in [-0.3, -0.25) is 0 Å². The van der Waals surface area contributed by atoms with E-state index in [0.29, 0.717) is 0 Å². The second-order valence-corrected chi connectivity index (χ2v) is 0.0583. The van der Waals surface area contributed by atoms with E-state index in [2.05, 4.69) is 0 Å². The van der Waals surface area contributed by atoms with Crippen molar-refractivity contribution in [3.63, 3.8) is 0 Å². The van der Waals surface area contributed by atoms with E-state index in [1.54, 1.807) is 0 Å². The van der Waals surface area contributed by atoms with Crippen LogP contribution in [0, 0.1) is 77.3 Å². The van der Waals surface area contributed by atoms with Crippen LogP contribution in [0.2, 0.25) is 0 Å². The van der Waals surface area contributed by atoms with Gasteiger partial charge in [0, 0.05) is 82.5 Å². The Labute approximate surface area is 89.6 Å². The Bertz CT molecular complexity index is 9.61. The summed E-state index contributed by atoms with van der Waals surface area (Å²) in [6.45, 7) is 0. The summed E-state index contributed by atoms with van der Waals surface area (Å²) in [7, 11) is 0. The molecule has 27 valence electrons. The maximum Gasteiger partial charge on any atom is 0.0209 e. The first kappa shape index (κ1) is 15.7. The average Bonchev–Trinajstić information content (AvgIpc) is 0.918. The second kappa shape index (κ2) is 16.2. The predicted octanol–water partition coefficient (Wildman–Crippen LogP) is 0.772. The van der Waals surface area contributed by atoms with Crippen molar-refractivity contribution in [2.75, 3.05) is 0 Å². The fraction of sp³-hybridized carbons (Fsp3) is 0. The van der Waals surface area contributed by atoms with Crippen molar-refractivity contribution in [3.8, 4) is 0 Å². The summed E-state index contributed by atoms with van der Waals surface area (Å²) in [6.07, 6.45) is 0. The van der Waals surface area contributed by atoms with E-state index in [9.17, 15) is 0 Å². The molecule has 1 radical (unpaired) electrons. The molecule has 0 amide bonds. The monoisotopic (exact) mass is 333 g/mol. The van der Waals surface area contributed by atoms with Gasteiger partial charge >= 0.3 is 0 Å². The smallest absolute Gasteiger partial charge is 0.0104 e. The molecule has 0 heterocycles. The molecule has 0 atom stereocenters. The summed E-state index contributed by atoms with van der Waals surface area (Å²) < 4.78 is 18.2. The third kappa shape index (κ3) is 21.6. The number of halogens is 2. The molecule has 5 heavy (non-hydrogen) atoms. The third-order valence-electron chi connectivity index (χ3n) is 0. The van der Waals surface area contributed by atoms with Crippen LogP contribution in [0.4, 0.5) is 9.05 Å². The first-order chi connectivity index (χ1) is 1.41. The molecule has 0 aromatic heterocycles. The summed E-state index contributed by atoms with van der Waals surface area (Å²) in [6, 6.07) is 0. The van der Waals surface area contributed by atoms with Crippen molar-refractivity contribution >= 4 is 0 Å². The molecule has 0 aliphatic heterocycles. The van der Waals surface area contributed by atoms with Gasteiger partial charge in [-0.15, -0.1) is 0 Å². The Morgan fingerprint density at radius 2 is 1.20 bits per heavy atom. The van der Waals surface area contributed by atoms with E-state index < -0.39 is 0 Å². The molecular weight excluding hydrogens is 333 g/mol. The Morgan fingerprint density at radius 3 is 1.20 bits per heavy atom. The molecule has 0 saturated carbocycles. The first-order valence-electron chi connectivity index (χ1n) is 0.309. The van der Waals surface area contributed by atoms with Crippen molar-refractivity contribution in [1.82, 2.24) is 0 Å². The zero-order valence-electron chi connectivity index (χ0n) is 2.24. The summed E-state index contributed by atoms with van der Waals surface area (Å²) in [4.78, 5) is 0. The van der Waals surface area contributed by atoms with E-state index in [-0.39, 0.29) is 77.3 Å². The molecule has 5 heteroatoms. The maximum atomic E-state index is 9.12. The Morgan fingerprint density at radius 1 is 1.20 bits per heavy atom. The second-order valence-electron chi connectivity index (χ2n) is 0.0583. The SMILES string of the molecule is FOF.[Ce].[La]. The minimum absolute atomic E-state index is 0. The van der Waals surface area contributed by atoms with E-state index in [4.69, 9.17) is 9.05 Å². The number of hydrogen-bond donors (Lipinski definition) is 0. The fourth-order valence-corrected chi connectivity index (χ4v) is 0. The molecule has 1 nitrogen and oxygen atoms in total. The Balaban J connectivity index is -0.0000000200. The molecule has 0 fully saturated rings. The van der Waals surface area contributed by atoms with Gasteiger partial charge in [0.05, 0.1) is 0 Å². The van der Waals surface area contributed by atoms with Crippen LogP contribution in [0.1, 0.15) is 0 Å². The molecule has 0 aliphatic rings. The van der Waals surface area contributed by atoms with Gasteiger partial charge in [-0.1, -0.05) is 0 Å². The largest absolute Gasteiger partial charge is 0.0209 e. The molecule has 0 aromatic rings. The molecule has 0 N–H and O–H groups in total. The molecule has 0 bridgehead atoms. The van der Waals surface area contributed by atoms with Crippen molar-refractivity contribution < 1.29 is 91.5 Å². The quantitative estimate of drug-likeness (QED) is 0.637. The molecule has 0 unspecified atom stereocenters. The van der Waals surface area contributed by atoms with Gasteiger partial charge in [0.2, 0.25) is 0 Å². The van der Waals surface area contributed by atoms with Crippen LogP contribution >= 0.6 is 0 Å². The predicted molar refractivity (Wildman–Crippen MR) is 3.30 cm³/mol. The van der Waals surface area contributed by atoms with Gasteiger partial charge in [0.1, 0.15) is 0 Å². The van der Waals surface area contributed by atoms with Gasteiger partial charge in [-0.05, 0) is 9.05 Å². The minimum Gasteiger partial charge on any atom is -0.0104 e. The summed E-state index contributed by atoms with van der Waals surface area (Å²) >= 11 is 0. The van der Waals surface area contributed by atoms with Crippen LogP contribution in [0.15, 0.2) is 0 Å². The van der Waals surface area contributed by atoms with Gasteiger partial charge in [-0.2, -0.15) is 0 Å². The molecule has 0 saturated heterocycles. The molecule has 0 spiro atoms. The van der Waals surface area contributed by atoms with Crippen molar-refractivity contribution in [2.45, 2.75) is 0 Å². The summed E-state index contributed by atoms with van der Waals surface area (Å²) in [5.41, 5.74) is 0.